The van der Waals surface area contributed by atoms with Crippen molar-refractivity contribution in [1.29, 1.82) is 0 Å². The van der Waals surface area contributed by atoms with E-state index in [1.807, 2.05) is 12.3 Å². The molecule has 9 nitrogen and oxygen atoms in total. The lowest BCUT2D eigenvalue weighted by Gasteiger charge is -2.34. The lowest BCUT2D eigenvalue weighted by Crippen LogP contribution is -2.52. The van der Waals surface area contributed by atoms with Crippen LogP contribution >= 0.6 is 0 Å². The summed E-state index contributed by atoms with van der Waals surface area (Å²) in [6, 6.07) is 5.18. The third-order valence-corrected chi connectivity index (χ3v) is 8.85. The van der Waals surface area contributed by atoms with E-state index < -0.39 is 11.9 Å². The molecule has 4 aliphatic rings. The maximum absolute atomic E-state index is 13.0. The number of fused-ring (bicyclic) bond motifs is 2. The van der Waals surface area contributed by atoms with Gasteiger partial charge in [0.2, 0.25) is 11.8 Å². The average molecular weight is 492 g/mol. The summed E-state index contributed by atoms with van der Waals surface area (Å²) in [5.74, 6) is 2.74. The van der Waals surface area contributed by atoms with Crippen molar-refractivity contribution < 1.29 is 19.1 Å². The molecule has 2 aliphatic carbocycles. The first-order valence-electron chi connectivity index (χ1n) is 13.3. The van der Waals surface area contributed by atoms with E-state index in [1.54, 1.807) is 17.0 Å². The minimum absolute atomic E-state index is 0.205. The molecule has 0 spiro atoms. The second-order valence-corrected chi connectivity index (χ2v) is 10.8. The minimum atomic E-state index is -0.643. The van der Waals surface area contributed by atoms with Crippen LogP contribution in [-0.4, -0.2) is 43.7 Å². The third-order valence-electron chi connectivity index (χ3n) is 8.85. The summed E-state index contributed by atoms with van der Waals surface area (Å²) in [4.78, 5) is 38.5. The molecule has 1 saturated heterocycles. The van der Waals surface area contributed by atoms with Gasteiger partial charge >= 0.3 is 0 Å². The van der Waals surface area contributed by atoms with Gasteiger partial charge in [0.15, 0.2) is 0 Å². The van der Waals surface area contributed by atoms with E-state index in [4.69, 9.17) is 4.74 Å². The quantitative estimate of drug-likeness (QED) is 0.596. The molecule has 2 aromatic rings. The smallest absolute Gasteiger partial charge is 0.255 e. The Labute approximate surface area is 210 Å². The Morgan fingerprint density at radius 2 is 1.92 bits per heavy atom. The number of piperidine rings is 1. The summed E-state index contributed by atoms with van der Waals surface area (Å²) >= 11 is 0. The Bertz CT molecular complexity index is 1210. The van der Waals surface area contributed by atoms with Crippen molar-refractivity contribution in [3.8, 4) is 5.75 Å². The highest BCUT2D eigenvalue weighted by Gasteiger charge is 2.54. The summed E-state index contributed by atoms with van der Waals surface area (Å²) in [6.45, 7) is 5.14. The van der Waals surface area contributed by atoms with Crippen molar-refractivity contribution >= 4 is 17.7 Å². The molecular formula is C27H33N5O4. The van der Waals surface area contributed by atoms with E-state index in [0.29, 0.717) is 35.6 Å². The van der Waals surface area contributed by atoms with Crippen molar-refractivity contribution in [1.82, 2.24) is 25.2 Å². The number of amides is 3. The van der Waals surface area contributed by atoms with E-state index in [0.717, 1.165) is 29.5 Å². The normalized spacial score (nSPS) is 31.2. The van der Waals surface area contributed by atoms with Gasteiger partial charge in [0.1, 0.15) is 24.1 Å². The molecule has 0 radical (unpaired) electrons. The molecule has 6 unspecified atom stereocenters. The van der Waals surface area contributed by atoms with Crippen molar-refractivity contribution in [2.45, 2.75) is 77.6 Å². The number of carbonyl (C=O) groups is 3. The van der Waals surface area contributed by atoms with Crippen LogP contribution in [0.25, 0.3) is 0 Å². The SMILES string of the molecule is CCC1CC(CC)C(n2cc(COc3cccc4c3CN(C3CCC(=O)NC3=O)C4=O)nn2)C2CC12. The van der Waals surface area contributed by atoms with Gasteiger partial charge in [-0.05, 0) is 55.1 Å². The monoisotopic (exact) mass is 491 g/mol. The standard InChI is InChI=1S/C27H33N5O4/c1-3-15-10-16(4-2)25(20-11-19(15)20)32-12-17(29-30-32)14-36-23-7-5-6-18-21(23)13-31(27(18)35)22-8-9-24(33)28-26(22)34/h5-7,12,15-16,19-20,22,25H,3-4,8-11,13-14H2,1-2H3,(H,28,33,34). The molecule has 1 aromatic heterocycles. The molecule has 3 fully saturated rings. The highest BCUT2D eigenvalue weighted by atomic mass is 16.5. The van der Waals surface area contributed by atoms with Crippen LogP contribution in [-0.2, 0) is 22.7 Å². The number of carbonyl (C=O) groups excluding carboxylic acids is 3. The van der Waals surface area contributed by atoms with Gasteiger partial charge in [0.25, 0.3) is 5.91 Å². The lowest BCUT2D eigenvalue weighted by atomic mass is 9.76. The molecule has 2 saturated carbocycles. The lowest BCUT2D eigenvalue weighted by molar-refractivity contribution is -0.136. The van der Waals surface area contributed by atoms with Crippen LogP contribution in [0.1, 0.15) is 80.0 Å². The number of rotatable bonds is 7. The van der Waals surface area contributed by atoms with Crippen LogP contribution in [0, 0.1) is 23.7 Å². The average Bonchev–Trinajstić information content (AvgIpc) is 3.42. The van der Waals surface area contributed by atoms with Crippen molar-refractivity contribution in [3.05, 3.63) is 41.2 Å². The second-order valence-electron chi connectivity index (χ2n) is 10.8. The summed E-state index contributed by atoms with van der Waals surface area (Å²) < 4.78 is 8.22. The fourth-order valence-electron chi connectivity index (χ4n) is 6.88. The highest BCUT2D eigenvalue weighted by molar-refractivity contribution is 6.05. The summed E-state index contributed by atoms with van der Waals surface area (Å²) in [7, 11) is 0. The largest absolute Gasteiger partial charge is 0.487 e. The maximum atomic E-state index is 13.0. The molecule has 9 heteroatoms. The molecule has 6 atom stereocenters. The molecular weight excluding hydrogens is 458 g/mol. The van der Waals surface area contributed by atoms with Gasteiger partial charge in [-0.25, -0.2) is 4.68 Å². The fraction of sp³-hybridized carbons (Fsp3) is 0.593. The van der Waals surface area contributed by atoms with Crippen LogP contribution in [0.5, 0.6) is 5.75 Å². The van der Waals surface area contributed by atoms with Gasteiger partial charge in [0, 0.05) is 17.5 Å². The Hall–Kier alpha value is -3.23. The molecule has 6 rings (SSSR count). The Morgan fingerprint density at radius 1 is 1.08 bits per heavy atom. The van der Waals surface area contributed by atoms with Crippen molar-refractivity contribution in [2.24, 2.45) is 23.7 Å². The van der Waals surface area contributed by atoms with Gasteiger partial charge < -0.3 is 9.64 Å². The Kier molecular flexibility index (Phi) is 5.80. The number of imide groups is 1. The maximum Gasteiger partial charge on any atom is 0.255 e. The van der Waals surface area contributed by atoms with Crippen LogP contribution in [0.2, 0.25) is 0 Å². The predicted molar refractivity (Wildman–Crippen MR) is 130 cm³/mol. The molecule has 36 heavy (non-hydrogen) atoms. The fourth-order valence-corrected chi connectivity index (χ4v) is 6.88. The number of nitrogens with one attached hydrogen (secondary N) is 1. The zero-order valence-electron chi connectivity index (χ0n) is 20.9. The van der Waals surface area contributed by atoms with Crippen molar-refractivity contribution in [3.63, 3.8) is 0 Å². The Morgan fingerprint density at radius 3 is 2.69 bits per heavy atom. The van der Waals surface area contributed by atoms with Gasteiger partial charge in [-0.1, -0.05) is 38.0 Å². The predicted octanol–water partition coefficient (Wildman–Crippen LogP) is 3.25. The molecule has 3 heterocycles. The highest BCUT2D eigenvalue weighted by Crippen LogP contribution is 2.60. The zero-order valence-corrected chi connectivity index (χ0v) is 20.9. The van der Waals surface area contributed by atoms with Crippen LogP contribution < -0.4 is 10.1 Å². The molecule has 1 aromatic carbocycles. The van der Waals surface area contributed by atoms with Crippen molar-refractivity contribution in [2.75, 3.05) is 0 Å². The third kappa shape index (κ3) is 3.89. The number of hydrogen-bond acceptors (Lipinski definition) is 6. The summed E-state index contributed by atoms with van der Waals surface area (Å²) in [5.41, 5.74) is 2.08. The molecule has 1 N–H and O–H groups in total. The van der Waals surface area contributed by atoms with Crippen LogP contribution in [0.3, 0.4) is 0 Å². The first kappa shape index (κ1) is 23.2. The molecule has 190 valence electrons. The van der Waals surface area contributed by atoms with Crippen LogP contribution in [0.4, 0.5) is 0 Å². The van der Waals surface area contributed by atoms with E-state index in [2.05, 4.69) is 34.2 Å². The molecule has 3 amide bonds. The van der Waals surface area contributed by atoms with Crippen LogP contribution in [0.15, 0.2) is 24.4 Å². The number of hydrogen-bond donors (Lipinski definition) is 1. The van der Waals surface area contributed by atoms with Gasteiger partial charge in [-0.2, -0.15) is 0 Å². The number of aromatic nitrogens is 3. The number of nitrogens with zero attached hydrogens (tertiary/aromatic N) is 4. The topological polar surface area (TPSA) is 106 Å². The number of benzene rings is 1. The molecule has 2 aliphatic heterocycles. The van der Waals surface area contributed by atoms with Gasteiger partial charge in [-0.3, -0.25) is 19.7 Å². The second kappa shape index (κ2) is 9.01. The van der Waals surface area contributed by atoms with Gasteiger partial charge in [-0.15, -0.1) is 5.10 Å². The van der Waals surface area contributed by atoms with E-state index in [9.17, 15) is 14.4 Å². The van der Waals surface area contributed by atoms with E-state index in [1.165, 1.54) is 19.3 Å². The Balaban J connectivity index is 1.15. The first-order valence-corrected chi connectivity index (χ1v) is 13.3. The summed E-state index contributed by atoms with van der Waals surface area (Å²) in [6.07, 6.45) is 7.60. The van der Waals surface area contributed by atoms with Gasteiger partial charge in [0.05, 0.1) is 18.8 Å². The first-order chi connectivity index (χ1) is 17.5. The minimum Gasteiger partial charge on any atom is -0.487 e. The number of ether oxygens (including phenoxy) is 1. The van der Waals surface area contributed by atoms with E-state index >= 15 is 0 Å². The molecule has 0 bridgehead atoms. The zero-order chi connectivity index (χ0) is 25.0. The summed E-state index contributed by atoms with van der Waals surface area (Å²) in [5, 5.41) is 11.3. The van der Waals surface area contributed by atoms with E-state index in [-0.39, 0.29) is 31.4 Å².